The lowest BCUT2D eigenvalue weighted by molar-refractivity contribution is -0.148. The summed E-state index contributed by atoms with van der Waals surface area (Å²) in [6.07, 6.45) is 3.20. The molecule has 8 rings (SSSR count). The second kappa shape index (κ2) is 18.8. The minimum absolute atomic E-state index is 0.0204. The number of pyridine rings is 1. The van der Waals surface area contributed by atoms with Gasteiger partial charge in [-0.2, -0.15) is 0 Å². The summed E-state index contributed by atoms with van der Waals surface area (Å²) >= 11 is 8.63. The van der Waals surface area contributed by atoms with E-state index in [1.165, 1.54) is 29.8 Å². The number of ether oxygens (including phenoxy) is 5. The van der Waals surface area contributed by atoms with Gasteiger partial charge in [-0.05, 0) is 82.8 Å². The van der Waals surface area contributed by atoms with Crippen LogP contribution in [0.4, 0.5) is 9.93 Å². The molecule has 0 spiro atoms. The fraction of sp³-hybridized carbons (Fsp3) is 0.625. The molecule has 1 aromatic carbocycles. The van der Waals surface area contributed by atoms with E-state index in [1.807, 2.05) is 46.1 Å². The molecule has 5 fully saturated rings. The highest BCUT2D eigenvalue weighted by Crippen LogP contribution is 2.52. The number of methoxy groups -OCH3 is 1. The number of amides is 3. The highest BCUT2D eigenvalue weighted by Gasteiger charge is 2.62. The van der Waals surface area contributed by atoms with Gasteiger partial charge in [0.05, 0.1) is 38.1 Å². The molecular formula is C48H64ClN7O9S. The zero-order valence-corrected chi connectivity index (χ0v) is 40.8. The number of nitrogens with zero attached hydrogens (tertiary/aromatic N) is 4. The van der Waals surface area contributed by atoms with Gasteiger partial charge >= 0.3 is 12.1 Å². The van der Waals surface area contributed by atoms with Crippen LogP contribution in [0.3, 0.4) is 0 Å². The van der Waals surface area contributed by atoms with Crippen molar-refractivity contribution in [2.75, 3.05) is 51.9 Å². The first kappa shape index (κ1) is 47.8. The Hall–Kier alpha value is -4.71. The lowest BCUT2D eigenvalue weighted by Gasteiger charge is -2.41. The number of morpholine rings is 1. The third-order valence-corrected chi connectivity index (χ3v) is 14.8. The fourth-order valence-electron chi connectivity index (χ4n) is 9.74. The van der Waals surface area contributed by atoms with Crippen molar-refractivity contribution in [1.29, 1.82) is 0 Å². The molecule has 0 radical (unpaired) electrons. The molecule has 3 aromatic rings. The number of carbonyl (C=O) groups is 4. The monoisotopic (exact) mass is 949 g/mol. The molecule has 3 aliphatic carbocycles. The minimum Gasteiger partial charge on any atom is -0.491 e. The lowest BCUT2D eigenvalue weighted by atomic mass is 9.85. The fourth-order valence-corrected chi connectivity index (χ4v) is 10.9. The number of esters is 1. The average Bonchev–Trinajstić information content (AvgIpc) is 3.92. The van der Waals surface area contributed by atoms with Crippen molar-refractivity contribution in [3.63, 3.8) is 0 Å². The number of carbonyl (C=O) groups excluding carboxylic acids is 4. The molecular weight excluding hydrogens is 886 g/mol. The van der Waals surface area contributed by atoms with Crippen LogP contribution in [-0.4, -0.2) is 132 Å². The number of halogens is 1. The van der Waals surface area contributed by atoms with Crippen molar-refractivity contribution in [1.82, 2.24) is 30.4 Å². The Morgan fingerprint density at radius 3 is 2.48 bits per heavy atom. The zero-order chi connectivity index (χ0) is 47.3. The highest BCUT2D eigenvalue weighted by molar-refractivity contribution is 7.14. The standard InChI is InChI=1S/C48H64ClN7O9S/c1-10-29-22-48(29,43(59)61-9)54-41(57)35-20-31(23-56(35)42(58)40(46(4,5)6)53-45(60)65-30-18-27-17-28(27)19-30)64-37-21-33(34-24-66-44(52-34)50-26(2)3)51-39-32(37)11-12-36(38(39)49)63-16-14-55-13-15-62-25-47(55,7)8/h10-12,21,24,26-31,35,40H,1,13-20,22-23,25H2,2-9H3,(H,50,52)(H,53,60)(H,54,57)/t27-,28+,29-,30+,31-,35+,40-,48?/m1/s1. The molecule has 66 heavy (non-hydrogen) atoms. The number of anilines is 1. The summed E-state index contributed by atoms with van der Waals surface area (Å²) in [6, 6.07) is 3.44. The van der Waals surface area contributed by atoms with E-state index in [9.17, 15) is 19.2 Å². The summed E-state index contributed by atoms with van der Waals surface area (Å²) in [5, 5.41) is 12.7. The number of likely N-dealkylation sites (tertiary alicyclic amines) is 1. The maximum atomic E-state index is 14.9. The highest BCUT2D eigenvalue weighted by atomic mass is 35.5. The summed E-state index contributed by atoms with van der Waals surface area (Å²) in [7, 11) is 1.27. The Balaban J connectivity index is 1.10. The molecule has 3 N–H and O–H groups in total. The lowest BCUT2D eigenvalue weighted by Crippen LogP contribution is -2.59. The average molecular weight is 951 g/mol. The van der Waals surface area contributed by atoms with E-state index >= 15 is 0 Å². The number of thiazole rings is 1. The van der Waals surface area contributed by atoms with Gasteiger partial charge in [-0.3, -0.25) is 14.5 Å². The van der Waals surface area contributed by atoms with Crippen LogP contribution in [0, 0.1) is 23.2 Å². The molecule has 16 nitrogen and oxygen atoms in total. The molecule has 2 aliphatic heterocycles. The Labute approximate surface area is 395 Å². The number of benzene rings is 1. The Bertz CT molecular complexity index is 2340. The van der Waals surface area contributed by atoms with E-state index in [0.29, 0.717) is 83.4 Å². The van der Waals surface area contributed by atoms with Crippen molar-refractivity contribution in [3.8, 4) is 22.9 Å². The second-order valence-electron chi connectivity index (χ2n) is 20.5. The van der Waals surface area contributed by atoms with Crippen molar-refractivity contribution in [3.05, 3.63) is 41.3 Å². The van der Waals surface area contributed by atoms with Gasteiger partial charge in [0, 0.05) is 53.8 Å². The number of hydrogen-bond acceptors (Lipinski definition) is 14. The maximum absolute atomic E-state index is 14.9. The molecule has 5 aliphatic rings. The molecule has 2 saturated heterocycles. The van der Waals surface area contributed by atoms with Crippen molar-refractivity contribution in [2.24, 2.45) is 23.2 Å². The van der Waals surface area contributed by atoms with Crippen molar-refractivity contribution >= 4 is 62.8 Å². The van der Waals surface area contributed by atoms with Gasteiger partial charge in [0.15, 0.2) is 5.13 Å². The van der Waals surface area contributed by atoms with E-state index in [0.717, 1.165) is 24.5 Å². The summed E-state index contributed by atoms with van der Waals surface area (Å²) < 4.78 is 29.8. The Morgan fingerprint density at radius 1 is 1.06 bits per heavy atom. The normalized spacial score (nSPS) is 27.2. The number of alkyl carbamates (subject to hydrolysis) is 1. The third-order valence-electron chi connectivity index (χ3n) is 13.6. The van der Waals surface area contributed by atoms with Crippen LogP contribution in [0.25, 0.3) is 22.3 Å². The second-order valence-corrected chi connectivity index (χ2v) is 21.7. The largest absolute Gasteiger partial charge is 0.491 e. The predicted octanol–water partition coefficient (Wildman–Crippen LogP) is 6.84. The van der Waals surface area contributed by atoms with Crippen molar-refractivity contribution < 1.29 is 42.9 Å². The molecule has 1 unspecified atom stereocenters. The van der Waals surface area contributed by atoms with Gasteiger partial charge < -0.3 is 44.5 Å². The number of aromatic nitrogens is 2. The van der Waals surface area contributed by atoms with Crippen LogP contribution in [0.2, 0.25) is 5.02 Å². The molecule has 358 valence electrons. The van der Waals surface area contributed by atoms with Gasteiger partial charge in [0.25, 0.3) is 0 Å². The van der Waals surface area contributed by atoms with Crippen LogP contribution in [0.15, 0.2) is 36.2 Å². The predicted molar refractivity (Wildman–Crippen MR) is 252 cm³/mol. The number of nitrogens with one attached hydrogen (secondary N) is 3. The summed E-state index contributed by atoms with van der Waals surface area (Å²) in [5.41, 5.74) is -0.695. The minimum atomic E-state index is -1.31. The molecule has 3 saturated carbocycles. The molecule has 8 atom stereocenters. The van der Waals surface area contributed by atoms with Crippen LogP contribution in [0.5, 0.6) is 11.5 Å². The van der Waals surface area contributed by atoms with E-state index < -0.39 is 53.0 Å². The van der Waals surface area contributed by atoms with Crippen LogP contribution < -0.4 is 25.4 Å². The van der Waals surface area contributed by atoms with E-state index in [1.54, 1.807) is 18.2 Å². The van der Waals surface area contributed by atoms with Gasteiger partial charge in [-0.1, -0.05) is 38.4 Å². The third kappa shape index (κ3) is 10.1. The Morgan fingerprint density at radius 2 is 1.82 bits per heavy atom. The first-order valence-electron chi connectivity index (χ1n) is 23.1. The van der Waals surface area contributed by atoms with E-state index in [4.69, 9.17) is 45.3 Å². The van der Waals surface area contributed by atoms with E-state index in [-0.39, 0.29) is 36.6 Å². The molecule has 3 amide bonds. The quantitative estimate of drug-likeness (QED) is 0.100. The number of fused-ring (bicyclic) bond motifs is 2. The van der Waals surface area contributed by atoms with Crippen LogP contribution in [-0.2, 0) is 28.6 Å². The molecule has 18 heteroatoms. The molecule has 2 aromatic heterocycles. The SMILES string of the molecule is C=C[C@@H]1CC1(NC(=O)[C@@H]1C[C@@H](Oc2cc(-c3csc(NC(C)C)n3)nc3c(Cl)c(OCCN4CCOCC4(C)C)ccc23)CN1C(=O)[C@@H](NC(=O)O[C@@H]1C[C@@H]2C[C@@H]2C1)C(C)(C)C)C(=O)OC. The van der Waals surface area contributed by atoms with Gasteiger partial charge in [-0.25, -0.2) is 19.6 Å². The van der Waals surface area contributed by atoms with Gasteiger partial charge in [-0.15, -0.1) is 17.9 Å². The smallest absolute Gasteiger partial charge is 0.408 e. The molecule has 0 bridgehead atoms. The summed E-state index contributed by atoms with van der Waals surface area (Å²) in [6.45, 7) is 20.9. The zero-order valence-electron chi connectivity index (χ0n) is 39.2. The maximum Gasteiger partial charge on any atom is 0.408 e. The number of hydrogen-bond donors (Lipinski definition) is 3. The molecule has 4 heterocycles. The van der Waals surface area contributed by atoms with Crippen LogP contribution in [0.1, 0.15) is 80.6 Å². The number of rotatable bonds is 16. The van der Waals surface area contributed by atoms with E-state index in [2.05, 4.69) is 41.3 Å². The topological polar surface area (TPSA) is 183 Å². The summed E-state index contributed by atoms with van der Waals surface area (Å²) in [5.74, 6) is 0.0889. The van der Waals surface area contributed by atoms with Gasteiger partial charge in [0.2, 0.25) is 11.8 Å². The van der Waals surface area contributed by atoms with Gasteiger partial charge in [0.1, 0.15) is 58.7 Å². The van der Waals surface area contributed by atoms with Crippen molar-refractivity contribution in [2.45, 2.75) is 122 Å². The van der Waals surface area contributed by atoms with Crippen LogP contribution >= 0.6 is 22.9 Å². The first-order chi connectivity index (χ1) is 31.3. The first-order valence-corrected chi connectivity index (χ1v) is 24.3. The summed E-state index contributed by atoms with van der Waals surface area (Å²) in [4.78, 5) is 69.6. The Kier molecular flexibility index (Phi) is 13.6.